The summed E-state index contributed by atoms with van der Waals surface area (Å²) in [7, 11) is -2.21. The molecule has 47 heavy (non-hydrogen) atoms. The number of para-hydroxylation sites is 2. The number of rotatable bonds is 7. The summed E-state index contributed by atoms with van der Waals surface area (Å²) in [5.41, 5.74) is 5.32. The summed E-state index contributed by atoms with van der Waals surface area (Å²) < 4.78 is 24.1. The first-order chi connectivity index (χ1) is 22.3. The minimum absolute atomic E-state index is 0.0324. The van der Waals surface area contributed by atoms with Gasteiger partial charge < -0.3 is 4.74 Å². The Labute approximate surface area is 285 Å². The van der Waals surface area contributed by atoms with E-state index in [4.69, 9.17) is 4.74 Å². The van der Waals surface area contributed by atoms with Crippen molar-refractivity contribution in [2.45, 2.75) is 77.0 Å². The highest BCUT2D eigenvalue weighted by atomic mass is 32.2. The zero-order valence-corrected chi connectivity index (χ0v) is 30.5. The van der Waals surface area contributed by atoms with Crippen LogP contribution in [0.25, 0.3) is 0 Å². The molecule has 242 valence electrons. The summed E-state index contributed by atoms with van der Waals surface area (Å²) in [6, 6.07) is 43.1. The fourth-order valence-electron chi connectivity index (χ4n) is 6.29. The smallest absolute Gasteiger partial charge is 0.139 e. The molecule has 5 aromatic rings. The van der Waals surface area contributed by atoms with Crippen molar-refractivity contribution in [3.63, 3.8) is 0 Å². The van der Waals surface area contributed by atoms with E-state index in [1.807, 2.05) is 20.8 Å². The summed E-state index contributed by atoms with van der Waals surface area (Å²) in [6.07, 6.45) is 0. The Morgan fingerprint density at radius 3 is 1.72 bits per heavy atom. The van der Waals surface area contributed by atoms with E-state index in [0.717, 1.165) is 28.2 Å². The molecule has 1 aliphatic heterocycles. The molecule has 1 unspecified atom stereocenters. The number of benzene rings is 5. The number of hydrogen-bond donors (Lipinski definition) is 1. The Balaban J connectivity index is 1.54. The van der Waals surface area contributed by atoms with Gasteiger partial charge in [0.25, 0.3) is 0 Å². The second-order valence-corrected chi connectivity index (χ2v) is 19.1. The number of hydrogen-bond acceptors (Lipinski definition) is 2. The fourth-order valence-corrected chi connectivity index (χ4v) is 9.52. The minimum Gasteiger partial charge on any atom is -0.456 e. The van der Waals surface area contributed by atoms with E-state index in [0.29, 0.717) is 0 Å². The van der Waals surface area contributed by atoms with Gasteiger partial charge in [-0.3, -0.25) is 0 Å². The highest BCUT2D eigenvalue weighted by molar-refractivity contribution is 7.84. The van der Waals surface area contributed by atoms with Gasteiger partial charge in [0.2, 0.25) is 0 Å². The summed E-state index contributed by atoms with van der Waals surface area (Å²) in [5.74, 6) is 1.77. The van der Waals surface area contributed by atoms with Crippen LogP contribution in [0.5, 0.6) is 11.5 Å². The van der Waals surface area contributed by atoms with E-state index in [2.05, 4.69) is 161 Å². The van der Waals surface area contributed by atoms with Crippen LogP contribution in [0.2, 0.25) is 0 Å². The molecule has 6 rings (SSSR count). The minimum atomic E-state index is -1.32. The van der Waals surface area contributed by atoms with E-state index in [1.54, 1.807) is 0 Å². The molecule has 2 atom stereocenters. The predicted molar refractivity (Wildman–Crippen MR) is 202 cm³/mol. The molecule has 5 heteroatoms. The number of nitrogens with one attached hydrogen (secondary N) is 1. The maximum absolute atomic E-state index is 13.8. The van der Waals surface area contributed by atoms with Crippen molar-refractivity contribution in [2.75, 3.05) is 0 Å². The van der Waals surface area contributed by atoms with E-state index in [-0.39, 0.29) is 16.9 Å². The molecule has 0 fully saturated rings. The Morgan fingerprint density at radius 1 is 0.660 bits per heavy atom. The van der Waals surface area contributed by atoms with Gasteiger partial charge in [-0.1, -0.05) is 156 Å². The maximum Gasteiger partial charge on any atom is 0.139 e. The third kappa shape index (κ3) is 6.61. The first-order valence-electron chi connectivity index (χ1n) is 16.4. The molecular formula is C42H46NO2PS. The van der Waals surface area contributed by atoms with Gasteiger partial charge in [-0.15, -0.1) is 0 Å². The molecule has 0 aliphatic carbocycles. The lowest BCUT2D eigenvalue weighted by molar-refractivity contribution is 0.413. The van der Waals surface area contributed by atoms with Crippen LogP contribution in [0.1, 0.15) is 89.2 Å². The molecule has 0 radical (unpaired) electrons. The molecule has 0 bridgehead atoms. The van der Waals surface area contributed by atoms with Gasteiger partial charge in [0.1, 0.15) is 11.5 Å². The van der Waals surface area contributed by atoms with Crippen LogP contribution in [0, 0.1) is 0 Å². The summed E-state index contributed by atoms with van der Waals surface area (Å²) in [5, 5.41) is 3.75. The molecule has 0 aromatic heterocycles. The zero-order valence-electron chi connectivity index (χ0n) is 28.8. The molecule has 3 nitrogen and oxygen atoms in total. The lowest BCUT2D eigenvalue weighted by atomic mass is 9.74. The Morgan fingerprint density at radius 2 is 1.19 bits per heavy atom. The third-order valence-corrected chi connectivity index (χ3v) is 13.1. The fraction of sp³-hybridized carbons (Fsp3) is 0.286. The van der Waals surface area contributed by atoms with E-state index in [1.165, 1.54) is 27.0 Å². The lowest BCUT2D eigenvalue weighted by Crippen LogP contribution is -2.37. The van der Waals surface area contributed by atoms with Gasteiger partial charge in [-0.25, -0.2) is 8.93 Å². The van der Waals surface area contributed by atoms with E-state index >= 15 is 0 Å². The van der Waals surface area contributed by atoms with Crippen molar-refractivity contribution in [2.24, 2.45) is 0 Å². The van der Waals surface area contributed by atoms with Crippen molar-refractivity contribution < 1.29 is 8.95 Å². The second-order valence-electron chi connectivity index (χ2n) is 14.9. The van der Waals surface area contributed by atoms with Crippen molar-refractivity contribution in [1.82, 2.24) is 4.72 Å². The van der Waals surface area contributed by atoms with Crippen LogP contribution in [-0.4, -0.2) is 8.96 Å². The first-order valence-corrected chi connectivity index (χ1v) is 18.9. The van der Waals surface area contributed by atoms with E-state index in [9.17, 15) is 4.21 Å². The topological polar surface area (TPSA) is 38.3 Å². The molecule has 1 heterocycles. The largest absolute Gasteiger partial charge is 0.456 e. The quantitative estimate of drug-likeness (QED) is 0.177. The molecular weight excluding hydrogens is 614 g/mol. The average Bonchev–Trinajstić information content (AvgIpc) is 3.04. The van der Waals surface area contributed by atoms with Gasteiger partial charge in [0, 0.05) is 27.4 Å². The van der Waals surface area contributed by atoms with Crippen molar-refractivity contribution in [1.29, 1.82) is 0 Å². The van der Waals surface area contributed by atoms with Crippen LogP contribution in [-0.2, 0) is 21.8 Å². The summed E-state index contributed by atoms with van der Waals surface area (Å²) >= 11 is 0. The normalized spacial score (nSPS) is 15.3. The number of ether oxygens (including phenoxy) is 1. The molecule has 0 saturated heterocycles. The lowest BCUT2D eigenvalue weighted by Gasteiger charge is -2.38. The van der Waals surface area contributed by atoms with Crippen LogP contribution in [0.3, 0.4) is 0 Å². The van der Waals surface area contributed by atoms with Gasteiger partial charge in [0.05, 0.1) is 21.8 Å². The first kappa shape index (κ1) is 33.3. The summed E-state index contributed by atoms with van der Waals surface area (Å²) in [4.78, 5) is 0. The van der Waals surface area contributed by atoms with Gasteiger partial charge in [-0.05, 0) is 55.8 Å². The number of fused-ring (bicyclic) bond motifs is 2. The third-order valence-electron chi connectivity index (χ3n) is 9.06. The van der Waals surface area contributed by atoms with Crippen LogP contribution in [0.4, 0.5) is 0 Å². The van der Waals surface area contributed by atoms with Crippen LogP contribution < -0.4 is 25.4 Å². The van der Waals surface area contributed by atoms with Crippen molar-refractivity contribution >= 4 is 34.8 Å². The van der Waals surface area contributed by atoms with Gasteiger partial charge in [-0.2, -0.15) is 0 Å². The van der Waals surface area contributed by atoms with Gasteiger partial charge in [0.15, 0.2) is 0 Å². The molecule has 0 saturated carbocycles. The van der Waals surface area contributed by atoms with E-state index < -0.39 is 23.7 Å². The molecule has 1 aliphatic rings. The van der Waals surface area contributed by atoms with Crippen LogP contribution >= 0.6 is 7.92 Å². The molecule has 1 N–H and O–H groups in total. The highest BCUT2D eigenvalue weighted by Crippen LogP contribution is 2.52. The Kier molecular flexibility index (Phi) is 9.09. The average molecular weight is 660 g/mol. The Bertz CT molecular complexity index is 1850. The van der Waals surface area contributed by atoms with Crippen molar-refractivity contribution in [3.8, 4) is 11.5 Å². The standard InChI is InChI=1S/C42H46NO2PS/c1-40(2,3)30-27-25-29(26-28-30)37(43-47(44)41(4,5)6)33-21-15-22-34-38(33)45-39-35(42(34,7)8)23-16-24-36(39)46(31-17-11-9-12-18-31)32-19-13-10-14-20-32/h9-28,37,43H,1-8H3/t37-,47?/m0/s1. The predicted octanol–water partition coefficient (Wildman–Crippen LogP) is 9.32. The van der Waals surface area contributed by atoms with Crippen LogP contribution in [0.15, 0.2) is 121 Å². The Hall–Kier alpha value is -3.56. The molecule has 0 amide bonds. The summed E-state index contributed by atoms with van der Waals surface area (Å²) in [6.45, 7) is 17.3. The molecule has 5 aromatic carbocycles. The van der Waals surface area contributed by atoms with Crippen molar-refractivity contribution in [3.05, 3.63) is 149 Å². The zero-order chi connectivity index (χ0) is 33.6. The monoisotopic (exact) mass is 659 g/mol. The maximum atomic E-state index is 13.8. The van der Waals surface area contributed by atoms with Gasteiger partial charge >= 0.3 is 0 Å². The molecule has 0 spiro atoms. The second kappa shape index (κ2) is 12.8. The SMILES string of the molecule is CC(C)(C)c1ccc([C@H](NS(=O)C(C)(C)C)c2cccc3c2Oc2c(P(c4ccccc4)c4ccccc4)cccc2C3(C)C)cc1. The highest BCUT2D eigenvalue weighted by Gasteiger charge is 2.39.